The van der Waals surface area contributed by atoms with Gasteiger partial charge in [-0.3, -0.25) is 4.79 Å². The van der Waals surface area contributed by atoms with Crippen LogP contribution in [-0.4, -0.2) is 11.1 Å². The molecule has 3 rings (SSSR count). The van der Waals surface area contributed by atoms with Gasteiger partial charge in [0.2, 0.25) is 0 Å². The highest BCUT2D eigenvalue weighted by Gasteiger charge is 2.17. The third-order valence-electron chi connectivity index (χ3n) is 3.91. The molecule has 0 aromatic heterocycles. The van der Waals surface area contributed by atoms with Crippen molar-refractivity contribution in [2.24, 2.45) is 0 Å². The Bertz CT molecular complexity index is 917. The van der Waals surface area contributed by atoms with Crippen LogP contribution in [0, 0.1) is 6.92 Å². The number of fused-ring (bicyclic) bond motifs is 1. The summed E-state index contributed by atoms with van der Waals surface area (Å²) in [6, 6.07) is 15.2. The van der Waals surface area contributed by atoms with E-state index in [0.717, 1.165) is 33.0 Å². The Labute approximate surface area is 144 Å². The fourth-order valence-electron chi connectivity index (χ4n) is 2.91. The zero-order valence-corrected chi connectivity index (χ0v) is 13.9. The Balaban J connectivity index is 2.41. The van der Waals surface area contributed by atoms with Gasteiger partial charge in [-0.05, 0) is 46.5 Å². The van der Waals surface area contributed by atoms with Crippen molar-refractivity contribution in [1.29, 1.82) is 0 Å². The van der Waals surface area contributed by atoms with E-state index in [2.05, 4.69) is 0 Å². The van der Waals surface area contributed by atoms with Gasteiger partial charge in [0, 0.05) is 15.6 Å². The number of benzene rings is 3. The second-order valence-corrected chi connectivity index (χ2v) is 6.31. The molecule has 0 saturated carbocycles. The van der Waals surface area contributed by atoms with Crippen molar-refractivity contribution in [2.75, 3.05) is 0 Å². The van der Waals surface area contributed by atoms with Crippen LogP contribution in [-0.2, 0) is 11.2 Å². The van der Waals surface area contributed by atoms with Crippen molar-refractivity contribution in [3.05, 3.63) is 69.7 Å². The number of carboxylic acid groups (broad SMARTS) is 1. The zero-order valence-electron chi connectivity index (χ0n) is 12.4. The summed E-state index contributed by atoms with van der Waals surface area (Å²) in [7, 11) is 0. The Kier molecular flexibility index (Phi) is 4.29. The van der Waals surface area contributed by atoms with Crippen LogP contribution in [0.25, 0.3) is 21.9 Å². The normalized spacial score (nSPS) is 10.9. The summed E-state index contributed by atoms with van der Waals surface area (Å²) in [6.07, 6.45) is -0.0506. The summed E-state index contributed by atoms with van der Waals surface area (Å²) in [5, 5.41) is 12.4. The molecule has 0 saturated heterocycles. The molecule has 0 heterocycles. The Morgan fingerprint density at radius 1 is 1.09 bits per heavy atom. The van der Waals surface area contributed by atoms with Crippen molar-refractivity contribution >= 4 is 39.9 Å². The number of rotatable bonds is 3. The summed E-state index contributed by atoms with van der Waals surface area (Å²) in [6.45, 7) is 1.93. The van der Waals surface area contributed by atoms with Gasteiger partial charge in [0.05, 0.1) is 6.42 Å². The third-order valence-corrected chi connectivity index (χ3v) is 4.46. The van der Waals surface area contributed by atoms with E-state index in [4.69, 9.17) is 23.2 Å². The molecule has 3 aromatic rings. The molecule has 0 aliphatic rings. The molecule has 116 valence electrons. The van der Waals surface area contributed by atoms with E-state index in [-0.39, 0.29) is 6.42 Å². The van der Waals surface area contributed by atoms with E-state index >= 15 is 0 Å². The Morgan fingerprint density at radius 2 is 1.83 bits per heavy atom. The molecule has 0 unspecified atom stereocenters. The summed E-state index contributed by atoms with van der Waals surface area (Å²) < 4.78 is 0. The number of aryl methyl sites for hydroxylation is 1. The molecule has 23 heavy (non-hydrogen) atoms. The molecule has 3 aromatic carbocycles. The van der Waals surface area contributed by atoms with Gasteiger partial charge in [-0.2, -0.15) is 0 Å². The van der Waals surface area contributed by atoms with E-state index in [0.29, 0.717) is 10.0 Å². The minimum atomic E-state index is -0.866. The number of carbonyl (C=O) groups is 1. The Hall–Kier alpha value is -2.03. The van der Waals surface area contributed by atoms with Gasteiger partial charge < -0.3 is 5.11 Å². The van der Waals surface area contributed by atoms with Gasteiger partial charge in [-0.1, -0.05) is 59.6 Å². The molecule has 0 spiro atoms. The lowest BCUT2D eigenvalue weighted by atomic mass is 9.88. The van der Waals surface area contributed by atoms with E-state index in [9.17, 15) is 9.90 Å². The molecule has 1 N–H and O–H groups in total. The predicted molar refractivity (Wildman–Crippen MR) is 95.5 cm³/mol. The molecule has 4 heteroatoms. The quantitative estimate of drug-likeness (QED) is 0.656. The maximum Gasteiger partial charge on any atom is 0.307 e. The second-order valence-electron chi connectivity index (χ2n) is 5.46. The van der Waals surface area contributed by atoms with Crippen molar-refractivity contribution < 1.29 is 9.90 Å². The maximum absolute atomic E-state index is 11.3. The maximum atomic E-state index is 11.3. The molecule has 0 atom stereocenters. The number of hydrogen-bond acceptors (Lipinski definition) is 1. The largest absolute Gasteiger partial charge is 0.481 e. The molecular weight excluding hydrogens is 331 g/mol. The molecule has 2 nitrogen and oxygen atoms in total. The minimum Gasteiger partial charge on any atom is -0.481 e. The standard InChI is InChI=1S/C19H14Cl2O2/c1-11-8-12-4-2-3-5-14(12)19(16(11)10-18(22)23)15-7-6-13(20)9-17(15)21/h2-9H,10H2,1H3,(H,22,23). The topological polar surface area (TPSA) is 37.3 Å². The first-order chi connectivity index (χ1) is 11.0. The molecular formula is C19H14Cl2O2. The molecule has 0 fully saturated rings. The van der Waals surface area contributed by atoms with Gasteiger partial charge >= 0.3 is 5.97 Å². The lowest BCUT2D eigenvalue weighted by molar-refractivity contribution is -0.136. The molecule has 0 amide bonds. The van der Waals surface area contributed by atoms with Gasteiger partial charge in [-0.25, -0.2) is 0 Å². The fourth-order valence-corrected chi connectivity index (χ4v) is 3.41. The van der Waals surface area contributed by atoms with Crippen LogP contribution < -0.4 is 0 Å². The van der Waals surface area contributed by atoms with Crippen LogP contribution in [0.2, 0.25) is 10.0 Å². The van der Waals surface area contributed by atoms with Crippen LogP contribution in [0.4, 0.5) is 0 Å². The number of hydrogen-bond donors (Lipinski definition) is 1. The SMILES string of the molecule is Cc1cc2ccccc2c(-c2ccc(Cl)cc2Cl)c1CC(=O)O. The molecule has 0 aliphatic carbocycles. The van der Waals surface area contributed by atoms with E-state index in [1.165, 1.54) is 0 Å². The van der Waals surface area contributed by atoms with Gasteiger partial charge in [-0.15, -0.1) is 0 Å². The van der Waals surface area contributed by atoms with Gasteiger partial charge in [0.25, 0.3) is 0 Å². The van der Waals surface area contributed by atoms with Crippen molar-refractivity contribution in [2.45, 2.75) is 13.3 Å². The van der Waals surface area contributed by atoms with Crippen molar-refractivity contribution in [3.8, 4) is 11.1 Å². The van der Waals surface area contributed by atoms with Crippen molar-refractivity contribution in [3.63, 3.8) is 0 Å². The average molecular weight is 345 g/mol. The monoisotopic (exact) mass is 344 g/mol. The first-order valence-corrected chi connectivity index (χ1v) is 7.91. The fraction of sp³-hybridized carbons (Fsp3) is 0.105. The lowest BCUT2D eigenvalue weighted by Crippen LogP contribution is -2.05. The van der Waals surface area contributed by atoms with Crippen LogP contribution in [0.1, 0.15) is 11.1 Å². The van der Waals surface area contributed by atoms with E-state index < -0.39 is 5.97 Å². The number of carboxylic acids is 1. The first kappa shape index (κ1) is 15.9. The minimum absolute atomic E-state index is 0.0506. The Morgan fingerprint density at radius 3 is 2.52 bits per heavy atom. The highest BCUT2D eigenvalue weighted by molar-refractivity contribution is 6.36. The van der Waals surface area contributed by atoms with Crippen LogP contribution in [0.15, 0.2) is 48.5 Å². The van der Waals surface area contributed by atoms with E-state index in [1.807, 2.05) is 43.3 Å². The van der Waals surface area contributed by atoms with E-state index in [1.54, 1.807) is 12.1 Å². The van der Waals surface area contributed by atoms with Crippen LogP contribution in [0.5, 0.6) is 0 Å². The number of halogens is 2. The molecule has 0 bridgehead atoms. The van der Waals surface area contributed by atoms with Crippen LogP contribution >= 0.6 is 23.2 Å². The number of aliphatic carboxylic acids is 1. The second kappa shape index (κ2) is 6.23. The van der Waals surface area contributed by atoms with Crippen LogP contribution in [0.3, 0.4) is 0 Å². The highest BCUT2D eigenvalue weighted by Crippen LogP contribution is 2.39. The first-order valence-electron chi connectivity index (χ1n) is 7.16. The van der Waals surface area contributed by atoms with Crippen molar-refractivity contribution in [1.82, 2.24) is 0 Å². The zero-order chi connectivity index (χ0) is 16.6. The summed E-state index contributed by atoms with van der Waals surface area (Å²) in [5.74, 6) is -0.866. The highest BCUT2D eigenvalue weighted by atomic mass is 35.5. The average Bonchev–Trinajstić information content (AvgIpc) is 2.49. The van der Waals surface area contributed by atoms with Gasteiger partial charge in [0.15, 0.2) is 0 Å². The molecule has 0 aliphatic heterocycles. The van der Waals surface area contributed by atoms with Gasteiger partial charge in [0.1, 0.15) is 0 Å². The molecule has 0 radical (unpaired) electrons. The third kappa shape index (κ3) is 3.05. The predicted octanol–water partition coefficient (Wildman–Crippen LogP) is 5.75. The smallest absolute Gasteiger partial charge is 0.307 e. The summed E-state index contributed by atoms with van der Waals surface area (Å²) >= 11 is 12.4. The summed E-state index contributed by atoms with van der Waals surface area (Å²) in [5.41, 5.74) is 3.38. The summed E-state index contributed by atoms with van der Waals surface area (Å²) in [4.78, 5) is 11.3. The lowest BCUT2D eigenvalue weighted by Gasteiger charge is -2.17.